The van der Waals surface area contributed by atoms with Crippen LogP contribution >= 0.6 is 23.8 Å². The molecule has 0 spiro atoms. The molecule has 0 atom stereocenters. The monoisotopic (exact) mass is 549 g/mol. The molecule has 0 unspecified atom stereocenters. The minimum atomic E-state index is -3.87. The first kappa shape index (κ1) is 24.8. The molecule has 0 radical (unpaired) electrons. The summed E-state index contributed by atoms with van der Waals surface area (Å²) in [6.07, 6.45) is 0. The van der Waals surface area contributed by atoms with Crippen molar-refractivity contribution in [3.63, 3.8) is 0 Å². The van der Waals surface area contributed by atoms with Crippen LogP contribution < -0.4 is 10.5 Å². The van der Waals surface area contributed by atoms with Crippen LogP contribution in [-0.4, -0.2) is 23.2 Å². The maximum Gasteiger partial charge on any atom is 0.238 e. The second-order valence-corrected chi connectivity index (χ2v) is 10.6. The lowest BCUT2D eigenvalue weighted by molar-refractivity contribution is 0.430. The third-order valence-electron chi connectivity index (χ3n) is 5.84. The third kappa shape index (κ3) is 5.18. The number of thiocarbonyl (C=S) groups is 1. The minimum Gasteiger partial charge on any atom is -0.493 e. The number of nitrogens with one attached hydrogen (secondary N) is 1. The molecule has 0 aliphatic rings. The van der Waals surface area contributed by atoms with Crippen LogP contribution in [0.2, 0.25) is 5.02 Å². The Kier molecular flexibility index (Phi) is 6.65. The van der Waals surface area contributed by atoms with Gasteiger partial charge in [0.1, 0.15) is 0 Å². The number of anilines is 1. The molecular formula is C26H20ClN5O3S2. The molecule has 0 saturated carbocycles. The van der Waals surface area contributed by atoms with Crippen LogP contribution in [0, 0.1) is 0 Å². The van der Waals surface area contributed by atoms with E-state index in [4.69, 9.17) is 29.0 Å². The van der Waals surface area contributed by atoms with Crippen molar-refractivity contribution < 1.29 is 13.5 Å². The van der Waals surface area contributed by atoms with Gasteiger partial charge in [0.05, 0.1) is 17.0 Å². The molecule has 5 rings (SSSR count). The average molecular weight is 550 g/mol. The molecule has 0 bridgehead atoms. The topological polar surface area (TPSA) is 122 Å². The highest BCUT2D eigenvalue weighted by atomic mass is 35.5. The van der Waals surface area contributed by atoms with Gasteiger partial charge in [0.25, 0.3) is 0 Å². The molecular weight excluding hydrogens is 530 g/mol. The van der Waals surface area contributed by atoms with Gasteiger partial charge in [0.15, 0.2) is 5.69 Å². The van der Waals surface area contributed by atoms with Crippen LogP contribution in [0.5, 0.6) is 5.88 Å². The largest absolute Gasteiger partial charge is 0.493 e. The third-order valence-corrected chi connectivity index (χ3v) is 7.17. The van der Waals surface area contributed by atoms with E-state index in [9.17, 15) is 13.5 Å². The first-order chi connectivity index (χ1) is 17.7. The van der Waals surface area contributed by atoms with Crippen LogP contribution in [0.25, 0.3) is 21.7 Å². The van der Waals surface area contributed by atoms with Gasteiger partial charge in [-0.1, -0.05) is 60.1 Å². The summed E-state index contributed by atoms with van der Waals surface area (Å²) >= 11 is 11.5. The highest BCUT2D eigenvalue weighted by Crippen LogP contribution is 2.40. The summed E-state index contributed by atoms with van der Waals surface area (Å²) in [5.41, 5.74) is 2.31. The second-order valence-electron chi connectivity index (χ2n) is 8.26. The average Bonchev–Trinajstić information content (AvgIpc) is 3.12. The van der Waals surface area contributed by atoms with E-state index in [0.29, 0.717) is 28.2 Å². The van der Waals surface area contributed by atoms with Gasteiger partial charge in [0.2, 0.25) is 21.0 Å². The predicted octanol–water partition coefficient (Wildman–Crippen LogP) is 6.33. The number of hydrogen-bond acceptors (Lipinski definition) is 5. The van der Waals surface area contributed by atoms with E-state index in [-0.39, 0.29) is 21.6 Å². The fourth-order valence-electron chi connectivity index (χ4n) is 4.14. The Morgan fingerprint density at radius 2 is 1.76 bits per heavy atom. The fourth-order valence-corrected chi connectivity index (χ4v) is 5.03. The van der Waals surface area contributed by atoms with E-state index in [0.717, 1.165) is 16.3 Å². The summed E-state index contributed by atoms with van der Waals surface area (Å²) in [5, 5.41) is 30.7. The van der Waals surface area contributed by atoms with Gasteiger partial charge in [-0.15, -0.1) is 10.2 Å². The summed E-state index contributed by atoms with van der Waals surface area (Å²) in [5.74, 6) is -0.0898. The van der Waals surface area contributed by atoms with Crippen LogP contribution in [0.1, 0.15) is 5.56 Å². The summed E-state index contributed by atoms with van der Waals surface area (Å²) < 4.78 is 24.9. The summed E-state index contributed by atoms with van der Waals surface area (Å²) in [7, 11) is -3.87. The molecule has 4 N–H and O–H groups in total. The van der Waals surface area contributed by atoms with Gasteiger partial charge in [-0.2, -0.15) is 0 Å². The van der Waals surface area contributed by atoms with E-state index in [1.54, 1.807) is 28.8 Å². The number of rotatable bonds is 5. The van der Waals surface area contributed by atoms with Gasteiger partial charge in [-0.3, -0.25) is 0 Å². The Morgan fingerprint density at radius 3 is 2.57 bits per heavy atom. The quantitative estimate of drug-likeness (QED) is 0.175. The zero-order valence-electron chi connectivity index (χ0n) is 19.2. The van der Waals surface area contributed by atoms with Gasteiger partial charge < -0.3 is 15.0 Å². The molecule has 37 heavy (non-hydrogen) atoms. The van der Waals surface area contributed by atoms with Crippen LogP contribution in [0.3, 0.4) is 0 Å². The maximum absolute atomic E-state index is 11.6. The molecule has 0 saturated heterocycles. The number of fused-ring (bicyclic) bond motifs is 2. The van der Waals surface area contributed by atoms with Crippen LogP contribution in [0.4, 0.5) is 11.4 Å². The molecule has 0 fully saturated rings. The van der Waals surface area contributed by atoms with E-state index < -0.39 is 10.0 Å². The number of nitrogens with zero attached hydrogens (tertiary/aromatic N) is 3. The number of aromatic hydroxyl groups is 1. The molecule has 1 heterocycles. The summed E-state index contributed by atoms with van der Waals surface area (Å²) in [6.45, 7) is 0.378. The normalized spacial score (nSPS) is 11.9. The van der Waals surface area contributed by atoms with Crippen LogP contribution in [-0.2, 0) is 16.6 Å². The van der Waals surface area contributed by atoms with Gasteiger partial charge in [-0.05, 0) is 65.0 Å². The number of primary sulfonamides is 1. The van der Waals surface area contributed by atoms with Crippen molar-refractivity contribution in [2.45, 2.75) is 11.4 Å². The van der Waals surface area contributed by atoms with Crippen molar-refractivity contribution in [1.82, 2.24) is 4.57 Å². The van der Waals surface area contributed by atoms with Gasteiger partial charge >= 0.3 is 0 Å². The number of sulfonamides is 1. The Hall–Kier alpha value is -3.83. The van der Waals surface area contributed by atoms with Crippen molar-refractivity contribution in [1.29, 1.82) is 0 Å². The molecule has 0 aliphatic heterocycles. The van der Waals surface area contributed by atoms with E-state index in [1.165, 1.54) is 18.2 Å². The van der Waals surface area contributed by atoms with Crippen molar-refractivity contribution in [3.05, 3.63) is 95.5 Å². The van der Waals surface area contributed by atoms with Crippen molar-refractivity contribution >= 4 is 72.0 Å². The van der Waals surface area contributed by atoms with Gasteiger partial charge in [0, 0.05) is 16.1 Å². The zero-order valence-corrected chi connectivity index (χ0v) is 21.6. The molecule has 8 nitrogen and oxygen atoms in total. The first-order valence-corrected chi connectivity index (χ1v) is 13.4. The van der Waals surface area contributed by atoms with Gasteiger partial charge in [-0.25, -0.2) is 13.6 Å². The fraction of sp³-hybridized carbons (Fsp3) is 0.0385. The highest BCUT2D eigenvalue weighted by molar-refractivity contribution is 7.89. The maximum atomic E-state index is 11.6. The number of hydrogen-bond donors (Lipinski definition) is 3. The molecule has 0 amide bonds. The molecule has 0 aliphatic carbocycles. The molecule has 5 aromatic rings. The Morgan fingerprint density at radius 1 is 1.00 bits per heavy atom. The van der Waals surface area contributed by atoms with Crippen molar-refractivity contribution in [2.24, 2.45) is 15.4 Å². The van der Waals surface area contributed by atoms with Crippen molar-refractivity contribution in [2.75, 3.05) is 5.32 Å². The lowest BCUT2D eigenvalue weighted by Crippen LogP contribution is -2.13. The minimum absolute atomic E-state index is 0.0325. The van der Waals surface area contributed by atoms with Crippen molar-refractivity contribution in [3.8, 4) is 5.88 Å². The highest BCUT2D eigenvalue weighted by Gasteiger charge is 2.18. The number of benzene rings is 4. The Labute approximate surface area is 223 Å². The number of nitrogens with two attached hydrogens (primary N) is 1. The Bertz CT molecular complexity index is 1810. The van der Waals surface area contributed by atoms with Crippen LogP contribution in [0.15, 0.2) is 100 Å². The number of halogens is 1. The lowest BCUT2D eigenvalue weighted by atomic mass is 10.0. The Balaban J connectivity index is 1.49. The summed E-state index contributed by atoms with van der Waals surface area (Å²) in [4.78, 5) is -0.0664. The lowest BCUT2D eigenvalue weighted by Gasteiger charge is -2.10. The van der Waals surface area contributed by atoms with E-state index in [1.807, 2.05) is 42.5 Å². The summed E-state index contributed by atoms with van der Waals surface area (Å²) in [6, 6.07) is 25.1. The molecule has 4 aromatic carbocycles. The smallest absolute Gasteiger partial charge is 0.238 e. The predicted molar refractivity (Wildman–Crippen MR) is 150 cm³/mol. The number of azo groups is 1. The number of aromatic nitrogens is 1. The van der Waals surface area contributed by atoms with E-state index >= 15 is 0 Å². The SMILES string of the molecule is NS(=O)(=O)c1cccc(NC(=S)N=Nc2c(O)n(Cc3cccc4ccccc34)c3cc(Cl)ccc23)c1. The standard InChI is InChI=1S/C26H20ClN5O3S2/c27-18-11-12-22-23(13-18)32(15-17-7-3-6-16-5-1-2-10-21(16)17)25(33)24(22)30-31-26(36)29-19-8-4-9-20(14-19)37(28,34)35/h1-14,33H,15H2,(H,29,36)(H2,28,34,35). The molecule has 11 heteroatoms. The first-order valence-electron chi connectivity index (χ1n) is 11.0. The zero-order chi connectivity index (χ0) is 26.2. The molecule has 1 aromatic heterocycles. The molecule has 186 valence electrons. The second kappa shape index (κ2) is 9.91. The van der Waals surface area contributed by atoms with E-state index in [2.05, 4.69) is 15.5 Å².